The van der Waals surface area contributed by atoms with Gasteiger partial charge in [0.15, 0.2) is 0 Å². The summed E-state index contributed by atoms with van der Waals surface area (Å²) in [6.45, 7) is 0. The van der Waals surface area contributed by atoms with Crippen LogP contribution in [0.1, 0.15) is 0 Å². The van der Waals surface area contributed by atoms with Crippen LogP contribution in [-0.4, -0.2) is 23.3 Å². The fourth-order valence-electron chi connectivity index (χ4n) is 1.97. The Morgan fingerprint density at radius 3 is 2.29 bits per heavy atom. The molecule has 1 N–H and O–H groups in total. The molecular formula is C14H11NO6. The molecule has 21 heavy (non-hydrogen) atoms. The molecule has 7 nitrogen and oxygen atoms in total. The molecule has 0 saturated heterocycles. The van der Waals surface area contributed by atoms with Crippen LogP contribution in [0.2, 0.25) is 0 Å². The summed E-state index contributed by atoms with van der Waals surface area (Å²) in [7, 11) is 1.38. The van der Waals surface area contributed by atoms with E-state index in [-0.39, 0.29) is 17.1 Å². The van der Waals surface area contributed by atoms with Crippen molar-refractivity contribution in [1.82, 2.24) is 0 Å². The van der Waals surface area contributed by atoms with Crippen LogP contribution in [0.15, 0.2) is 42.5 Å². The number of ether oxygens (including phenoxy) is 2. The largest absolute Gasteiger partial charge is 0.511 e. The molecule has 0 radical (unpaired) electrons. The molecule has 0 unspecified atom stereocenters. The van der Waals surface area contributed by atoms with E-state index in [1.807, 2.05) is 0 Å². The van der Waals surface area contributed by atoms with Crippen molar-refractivity contribution in [2.45, 2.75) is 0 Å². The third-order valence-electron chi connectivity index (χ3n) is 2.76. The van der Waals surface area contributed by atoms with Gasteiger partial charge in [-0.05, 0) is 17.7 Å². The molecular weight excluding hydrogens is 278 g/mol. The molecule has 0 aromatic heterocycles. The second-order valence-corrected chi connectivity index (χ2v) is 3.98. The number of hydrogen-bond acceptors (Lipinski definition) is 5. The quantitative estimate of drug-likeness (QED) is 0.401. The van der Waals surface area contributed by atoms with E-state index in [1.165, 1.54) is 19.2 Å². The third-order valence-corrected chi connectivity index (χ3v) is 2.76. The van der Waals surface area contributed by atoms with Crippen LogP contribution in [-0.2, 0) is 0 Å². The zero-order chi connectivity index (χ0) is 15.4. The van der Waals surface area contributed by atoms with E-state index in [0.717, 1.165) is 0 Å². The van der Waals surface area contributed by atoms with E-state index in [1.54, 1.807) is 30.3 Å². The van der Waals surface area contributed by atoms with Gasteiger partial charge in [0, 0.05) is 0 Å². The van der Waals surface area contributed by atoms with Crippen LogP contribution < -0.4 is 9.47 Å². The summed E-state index contributed by atoms with van der Waals surface area (Å²) < 4.78 is 9.63. The van der Waals surface area contributed by atoms with E-state index in [9.17, 15) is 14.9 Å². The van der Waals surface area contributed by atoms with Gasteiger partial charge in [-0.1, -0.05) is 30.3 Å². The summed E-state index contributed by atoms with van der Waals surface area (Å²) >= 11 is 0. The van der Waals surface area contributed by atoms with Gasteiger partial charge in [-0.25, -0.2) is 4.79 Å². The highest BCUT2D eigenvalue weighted by molar-refractivity contribution is 5.84. The second-order valence-electron chi connectivity index (χ2n) is 3.98. The van der Waals surface area contributed by atoms with Crippen molar-refractivity contribution in [1.29, 1.82) is 0 Å². The number of nitro benzene ring substituents is 1. The van der Waals surface area contributed by atoms with E-state index in [0.29, 0.717) is 5.56 Å². The van der Waals surface area contributed by atoms with Crippen molar-refractivity contribution in [2.24, 2.45) is 0 Å². The number of hydrogen-bond donors (Lipinski definition) is 1. The first kappa shape index (κ1) is 14.3. The predicted molar refractivity (Wildman–Crippen MR) is 73.7 cm³/mol. The number of carboxylic acid groups (broad SMARTS) is 1. The summed E-state index contributed by atoms with van der Waals surface area (Å²) in [6, 6.07) is 11.1. The molecule has 108 valence electrons. The average Bonchev–Trinajstić information content (AvgIpc) is 2.46. The van der Waals surface area contributed by atoms with Gasteiger partial charge in [0.05, 0.1) is 12.0 Å². The zero-order valence-electron chi connectivity index (χ0n) is 11.0. The molecule has 7 heteroatoms. The Hall–Kier alpha value is -3.09. The van der Waals surface area contributed by atoms with Gasteiger partial charge in [-0.15, -0.1) is 0 Å². The van der Waals surface area contributed by atoms with Gasteiger partial charge in [0.1, 0.15) is 11.3 Å². The molecule has 0 bridgehead atoms. The molecule has 0 aliphatic rings. The lowest BCUT2D eigenvalue weighted by molar-refractivity contribution is -0.385. The van der Waals surface area contributed by atoms with E-state index in [2.05, 4.69) is 4.74 Å². The first-order valence-electron chi connectivity index (χ1n) is 5.86. The first-order chi connectivity index (χ1) is 10.0. The summed E-state index contributed by atoms with van der Waals surface area (Å²) in [4.78, 5) is 21.3. The first-order valence-corrected chi connectivity index (χ1v) is 5.86. The minimum absolute atomic E-state index is 0.168. The summed E-state index contributed by atoms with van der Waals surface area (Å²) in [6.07, 6.45) is -1.62. The molecule has 0 fully saturated rings. The number of carbonyl (C=O) groups is 1. The molecule has 2 aromatic rings. The number of nitro groups is 1. The predicted octanol–water partition coefficient (Wildman–Crippen LogP) is 3.33. The summed E-state index contributed by atoms with van der Waals surface area (Å²) in [5.74, 6) is -0.0993. The lowest BCUT2D eigenvalue weighted by Crippen LogP contribution is -2.06. The smallest absolute Gasteiger partial charge is 0.496 e. The average molecular weight is 289 g/mol. The summed E-state index contributed by atoms with van der Waals surface area (Å²) in [5.41, 5.74) is 0.238. The van der Waals surface area contributed by atoms with Crippen molar-refractivity contribution in [2.75, 3.05) is 7.11 Å². The van der Waals surface area contributed by atoms with Crippen LogP contribution in [0, 0.1) is 10.1 Å². The van der Waals surface area contributed by atoms with Crippen LogP contribution in [0.4, 0.5) is 10.5 Å². The Kier molecular flexibility index (Phi) is 4.03. The monoisotopic (exact) mass is 289 g/mol. The Morgan fingerprint density at radius 1 is 1.14 bits per heavy atom. The number of methoxy groups -OCH3 is 1. The fraction of sp³-hybridized carbons (Fsp3) is 0.0714. The molecule has 0 aliphatic heterocycles. The van der Waals surface area contributed by atoms with Gasteiger partial charge in [0.2, 0.25) is 5.75 Å². The highest BCUT2D eigenvalue weighted by atomic mass is 16.7. The van der Waals surface area contributed by atoms with E-state index < -0.39 is 16.8 Å². The van der Waals surface area contributed by atoms with Crippen molar-refractivity contribution >= 4 is 11.8 Å². The summed E-state index contributed by atoms with van der Waals surface area (Å²) in [5, 5.41) is 20.0. The lowest BCUT2D eigenvalue weighted by atomic mass is 10.0. The molecule has 0 spiro atoms. The molecule has 0 amide bonds. The standard InChI is InChI=1S/C14H11NO6/c1-20-10-7-8-11(21-14(16)17)13(15(18)19)12(10)9-5-3-2-4-6-9/h2-8H,1H3,(H,16,17). The Balaban J connectivity index is 2.75. The maximum atomic E-state index is 11.3. The van der Waals surface area contributed by atoms with Crippen molar-refractivity contribution in [3.63, 3.8) is 0 Å². The lowest BCUT2D eigenvalue weighted by Gasteiger charge is -2.11. The second kappa shape index (κ2) is 5.91. The fourth-order valence-corrected chi connectivity index (χ4v) is 1.97. The minimum atomic E-state index is -1.62. The molecule has 0 saturated carbocycles. The topological polar surface area (TPSA) is 98.9 Å². The minimum Gasteiger partial charge on any atom is -0.496 e. The Bertz CT molecular complexity index is 683. The van der Waals surface area contributed by atoms with E-state index >= 15 is 0 Å². The van der Waals surface area contributed by atoms with Gasteiger partial charge in [0.25, 0.3) is 0 Å². The highest BCUT2D eigenvalue weighted by Crippen LogP contribution is 2.44. The normalized spacial score (nSPS) is 9.95. The van der Waals surface area contributed by atoms with Gasteiger partial charge in [-0.2, -0.15) is 0 Å². The van der Waals surface area contributed by atoms with Crippen molar-refractivity contribution < 1.29 is 24.3 Å². The molecule has 0 atom stereocenters. The number of rotatable bonds is 4. The van der Waals surface area contributed by atoms with Gasteiger partial charge in [-0.3, -0.25) is 10.1 Å². The van der Waals surface area contributed by atoms with Crippen LogP contribution in [0.3, 0.4) is 0 Å². The van der Waals surface area contributed by atoms with Gasteiger partial charge < -0.3 is 14.6 Å². The highest BCUT2D eigenvalue weighted by Gasteiger charge is 2.27. The van der Waals surface area contributed by atoms with Gasteiger partial charge >= 0.3 is 11.8 Å². The zero-order valence-corrected chi connectivity index (χ0v) is 11.0. The van der Waals surface area contributed by atoms with Crippen LogP contribution >= 0.6 is 0 Å². The van der Waals surface area contributed by atoms with Crippen LogP contribution in [0.25, 0.3) is 11.1 Å². The van der Waals surface area contributed by atoms with E-state index in [4.69, 9.17) is 9.84 Å². The maximum absolute atomic E-state index is 11.3. The van der Waals surface area contributed by atoms with Crippen molar-refractivity contribution in [3.8, 4) is 22.6 Å². The molecule has 0 heterocycles. The third kappa shape index (κ3) is 2.92. The Morgan fingerprint density at radius 2 is 1.76 bits per heavy atom. The molecule has 2 rings (SSSR count). The number of nitrogens with zero attached hydrogens (tertiary/aromatic N) is 1. The van der Waals surface area contributed by atoms with Crippen molar-refractivity contribution in [3.05, 3.63) is 52.6 Å². The number of benzene rings is 2. The Labute approximate surface area is 119 Å². The molecule has 2 aromatic carbocycles. The molecule has 0 aliphatic carbocycles. The van der Waals surface area contributed by atoms with Crippen LogP contribution in [0.5, 0.6) is 11.5 Å². The maximum Gasteiger partial charge on any atom is 0.511 e. The SMILES string of the molecule is COc1ccc(OC(=O)O)c([N+](=O)[O-])c1-c1ccccc1.